The highest BCUT2D eigenvalue weighted by Crippen LogP contribution is 2.24. The summed E-state index contributed by atoms with van der Waals surface area (Å²) in [6.07, 6.45) is 0. The van der Waals surface area contributed by atoms with E-state index in [0.717, 1.165) is 9.13 Å². The molecule has 2 aromatic rings. The topological polar surface area (TPSA) is 49.3 Å². The highest BCUT2D eigenvalue weighted by Gasteiger charge is 2.12. The Balaban J connectivity index is 2.25. The molecule has 0 radical (unpaired) electrons. The number of aromatic hydroxyl groups is 1. The molecule has 0 bridgehead atoms. The predicted octanol–water partition coefficient (Wildman–Crippen LogP) is 4.21. The van der Waals surface area contributed by atoms with Crippen LogP contribution in [0, 0.1) is 10.5 Å². The summed E-state index contributed by atoms with van der Waals surface area (Å²) in [6.45, 7) is 1.85. The Morgan fingerprint density at radius 2 is 2.00 bits per heavy atom. The molecule has 0 aliphatic rings. The summed E-state index contributed by atoms with van der Waals surface area (Å²) < 4.78 is 0.838. The fourth-order valence-corrected chi connectivity index (χ4v) is 2.62. The standard InChI is InChI=1S/C14H11ClINO2/c1-8-2-4-10(13(18)6-8)14(19)17-12-5-3-9(15)7-11(12)16/h2-7,18H,1H3,(H,17,19). The summed E-state index contributed by atoms with van der Waals surface area (Å²) in [6, 6.07) is 10.1. The van der Waals surface area contributed by atoms with E-state index in [9.17, 15) is 9.90 Å². The van der Waals surface area contributed by atoms with E-state index in [1.807, 2.05) is 6.92 Å². The highest BCUT2D eigenvalue weighted by atomic mass is 127. The van der Waals surface area contributed by atoms with Gasteiger partial charge in [0, 0.05) is 8.59 Å². The largest absolute Gasteiger partial charge is 0.507 e. The van der Waals surface area contributed by atoms with E-state index in [2.05, 4.69) is 27.9 Å². The summed E-state index contributed by atoms with van der Waals surface area (Å²) in [4.78, 5) is 12.1. The van der Waals surface area contributed by atoms with Crippen LogP contribution in [-0.2, 0) is 0 Å². The number of phenols is 1. The Morgan fingerprint density at radius 3 is 2.63 bits per heavy atom. The molecule has 5 heteroatoms. The molecule has 0 saturated carbocycles. The average Bonchev–Trinajstić information content (AvgIpc) is 2.32. The van der Waals surface area contributed by atoms with Crippen molar-refractivity contribution in [3.63, 3.8) is 0 Å². The molecule has 0 heterocycles. The van der Waals surface area contributed by atoms with E-state index in [1.165, 1.54) is 0 Å². The Morgan fingerprint density at radius 1 is 1.26 bits per heavy atom. The number of anilines is 1. The van der Waals surface area contributed by atoms with Gasteiger partial charge < -0.3 is 10.4 Å². The lowest BCUT2D eigenvalue weighted by atomic mass is 10.1. The van der Waals surface area contributed by atoms with Gasteiger partial charge in [0.15, 0.2) is 0 Å². The van der Waals surface area contributed by atoms with Gasteiger partial charge >= 0.3 is 0 Å². The molecule has 2 rings (SSSR count). The van der Waals surface area contributed by atoms with Crippen LogP contribution in [0.25, 0.3) is 0 Å². The summed E-state index contributed by atoms with van der Waals surface area (Å²) in [7, 11) is 0. The van der Waals surface area contributed by atoms with Crippen molar-refractivity contribution in [2.24, 2.45) is 0 Å². The lowest BCUT2D eigenvalue weighted by Crippen LogP contribution is -2.13. The molecule has 0 aromatic heterocycles. The first-order chi connectivity index (χ1) is 8.97. The molecule has 0 aliphatic carbocycles. The number of benzene rings is 2. The minimum absolute atomic E-state index is 0.0264. The molecule has 2 N–H and O–H groups in total. The molecule has 1 amide bonds. The molecular weight excluding hydrogens is 377 g/mol. The molecule has 0 unspecified atom stereocenters. The van der Waals surface area contributed by atoms with Crippen LogP contribution in [0.15, 0.2) is 36.4 Å². The number of aryl methyl sites for hydroxylation is 1. The third-order valence-electron chi connectivity index (χ3n) is 2.58. The predicted molar refractivity (Wildman–Crippen MR) is 85.0 cm³/mol. The number of amides is 1. The number of carbonyl (C=O) groups is 1. The normalized spacial score (nSPS) is 10.3. The van der Waals surface area contributed by atoms with E-state index in [-0.39, 0.29) is 17.2 Å². The summed E-state index contributed by atoms with van der Waals surface area (Å²) in [5.74, 6) is -0.376. The van der Waals surface area contributed by atoms with Gasteiger partial charge in [-0.05, 0) is 65.4 Å². The van der Waals surface area contributed by atoms with Crippen LogP contribution in [-0.4, -0.2) is 11.0 Å². The maximum atomic E-state index is 12.1. The van der Waals surface area contributed by atoms with Crippen molar-refractivity contribution < 1.29 is 9.90 Å². The van der Waals surface area contributed by atoms with Gasteiger partial charge in [0.1, 0.15) is 5.75 Å². The van der Waals surface area contributed by atoms with Gasteiger partial charge in [-0.1, -0.05) is 17.7 Å². The van der Waals surface area contributed by atoms with Crippen molar-refractivity contribution in [2.45, 2.75) is 6.92 Å². The number of carbonyl (C=O) groups excluding carboxylic acids is 1. The van der Waals surface area contributed by atoms with E-state index >= 15 is 0 Å². The van der Waals surface area contributed by atoms with Crippen molar-refractivity contribution in [2.75, 3.05) is 5.32 Å². The van der Waals surface area contributed by atoms with Crippen molar-refractivity contribution in [1.29, 1.82) is 0 Å². The Hall–Kier alpha value is -1.27. The third-order valence-corrected chi connectivity index (χ3v) is 3.70. The maximum absolute atomic E-state index is 12.1. The molecule has 0 spiro atoms. The number of rotatable bonds is 2. The zero-order chi connectivity index (χ0) is 14.0. The molecular formula is C14H11ClINO2. The lowest BCUT2D eigenvalue weighted by Gasteiger charge is -2.09. The lowest BCUT2D eigenvalue weighted by molar-refractivity contribution is 0.102. The Bertz CT molecular complexity index is 643. The Kier molecular flexibility index (Phi) is 4.31. The first-order valence-corrected chi connectivity index (χ1v) is 6.99. The van der Waals surface area contributed by atoms with Crippen LogP contribution in [0.4, 0.5) is 5.69 Å². The fourth-order valence-electron chi connectivity index (χ4n) is 1.61. The zero-order valence-corrected chi connectivity index (χ0v) is 13.0. The van der Waals surface area contributed by atoms with Gasteiger partial charge in [0.2, 0.25) is 0 Å². The fraction of sp³-hybridized carbons (Fsp3) is 0.0714. The van der Waals surface area contributed by atoms with Crippen molar-refractivity contribution in [3.8, 4) is 5.75 Å². The van der Waals surface area contributed by atoms with Gasteiger partial charge in [0.25, 0.3) is 5.91 Å². The van der Waals surface area contributed by atoms with Gasteiger partial charge in [-0.25, -0.2) is 0 Å². The first kappa shape index (κ1) is 14.1. The quantitative estimate of drug-likeness (QED) is 0.758. The SMILES string of the molecule is Cc1ccc(C(=O)Nc2ccc(Cl)cc2I)c(O)c1. The molecule has 0 saturated heterocycles. The van der Waals surface area contributed by atoms with Crippen LogP contribution in [0.5, 0.6) is 5.75 Å². The zero-order valence-electron chi connectivity index (χ0n) is 10.1. The van der Waals surface area contributed by atoms with Gasteiger partial charge in [-0.3, -0.25) is 4.79 Å². The van der Waals surface area contributed by atoms with Crippen LogP contribution < -0.4 is 5.32 Å². The van der Waals surface area contributed by atoms with Crippen LogP contribution in [0.3, 0.4) is 0 Å². The van der Waals surface area contributed by atoms with Gasteiger partial charge in [-0.2, -0.15) is 0 Å². The molecule has 2 aromatic carbocycles. The number of halogens is 2. The Labute approximate surface area is 129 Å². The number of nitrogens with one attached hydrogen (secondary N) is 1. The second kappa shape index (κ2) is 5.79. The van der Waals surface area contributed by atoms with Gasteiger partial charge in [-0.15, -0.1) is 0 Å². The van der Waals surface area contributed by atoms with Crippen molar-refractivity contribution in [3.05, 3.63) is 56.1 Å². The van der Waals surface area contributed by atoms with Crippen molar-refractivity contribution in [1.82, 2.24) is 0 Å². The first-order valence-electron chi connectivity index (χ1n) is 5.53. The van der Waals surface area contributed by atoms with E-state index in [4.69, 9.17) is 11.6 Å². The average molecular weight is 388 g/mol. The second-order valence-electron chi connectivity index (χ2n) is 4.10. The van der Waals surface area contributed by atoms with Crippen LogP contribution in [0.1, 0.15) is 15.9 Å². The van der Waals surface area contributed by atoms with E-state index in [1.54, 1.807) is 36.4 Å². The minimum Gasteiger partial charge on any atom is -0.507 e. The maximum Gasteiger partial charge on any atom is 0.259 e. The molecule has 0 aliphatic heterocycles. The molecule has 19 heavy (non-hydrogen) atoms. The van der Waals surface area contributed by atoms with Crippen molar-refractivity contribution >= 4 is 45.8 Å². The third kappa shape index (κ3) is 3.39. The van der Waals surface area contributed by atoms with E-state index in [0.29, 0.717) is 10.7 Å². The minimum atomic E-state index is -0.349. The van der Waals surface area contributed by atoms with Crippen LogP contribution in [0.2, 0.25) is 5.02 Å². The van der Waals surface area contributed by atoms with E-state index < -0.39 is 0 Å². The molecule has 98 valence electrons. The summed E-state index contributed by atoms with van der Waals surface area (Å²) in [5, 5.41) is 13.1. The molecule has 3 nitrogen and oxygen atoms in total. The highest BCUT2D eigenvalue weighted by molar-refractivity contribution is 14.1. The number of phenolic OH excluding ortho intramolecular Hbond substituents is 1. The monoisotopic (exact) mass is 387 g/mol. The van der Waals surface area contributed by atoms with Gasteiger partial charge in [0.05, 0.1) is 11.3 Å². The number of hydrogen-bond donors (Lipinski definition) is 2. The smallest absolute Gasteiger partial charge is 0.259 e. The number of hydrogen-bond acceptors (Lipinski definition) is 2. The molecule has 0 atom stereocenters. The molecule has 0 fully saturated rings. The van der Waals surface area contributed by atoms with Crippen LogP contribution >= 0.6 is 34.2 Å². The second-order valence-corrected chi connectivity index (χ2v) is 5.70. The summed E-state index contributed by atoms with van der Waals surface area (Å²) in [5.41, 5.74) is 1.81. The summed E-state index contributed by atoms with van der Waals surface area (Å²) >= 11 is 7.95.